The molecule has 0 N–H and O–H groups in total. The molecule has 0 aliphatic heterocycles. The molecule has 0 amide bonds. The number of methoxy groups -OCH3 is 1. The lowest BCUT2D eigenvalue weighted by Gasteiger charge is -1.99. The fourth-order valence-corrected chi connectivity index (χ4v) is 0.409. The SMILES string of the molecule is CCC(=O)COCC(=O)OC. The molecule has 0 aliphatic carbocycles. The van der Waals surface area contributed by atoms with Crippen LogP contribution in [0, 0.1) is 0 Å². The molecule has 0 saturated carbocycles. The van der Waals surface area contributed by atoms with E-state index in [0.29, 0.717) is 6.42 Å². The zero-order chi connectivity index (χ0) is 8.69. The molecule has 0 rings (SSSR count). The van der Waals surface area contributed by atoms with E-state index in [0.717, 1.165) is 0 Å². The van der Waals surface area contributed by atoms with E-state index in [9.17, 15) is 9.59 Å². The second kappa shape index (κ2) is 5.85. The molecule has 11 heavy (non-hydrogen) atoms. The highest BCUT2D eigenvalue weighted by atomic mass is 16.6. The Labute approximate surface area is 65.5 Å². The zero-order valence-corrected chi connectivity index (χ0v) is 6.75. The summed E-state index contributed by atoms with van der Waals surface area (Å²) in [4.78, 5) is 21.0. The van der Waals surface area contributed by atoms with Crippen molar-refractivity contribution in [3.05, 3.63) is 0 Å². The molecule has 0 fully saturated rings. The number of carbonyl (C=O) groups is 2. The molecule has 0 aliphatic rings. The van der Waals surface area contributed by atoms with Gasteiger partial charge in [0.1, 0.15) is 13.2 Å². The first-order chi connectivity index (χ1) is 5.20. The predicted molar refractivity (Wildman–Crippen MR) is 38.1 cm³/mol. The Balaban J connectivity index is 3.27. The van der Waals surface area contributed by atoms with Crippen LogP contribution in [-0.4, -0.2) is 32.1 Å². The average molecular weight is 160 g/mol. The van der Waals surface area contributed by atoms with Crippen LogP contribution in [0.3, 0.4) is 0 Å². The van der Waals surface area contributed by atoms with Crippen LogP contribution in [0.1, 0.15) is 13.3 Å². The number of Topliss-reactive ketones (excluding diaryl/α,β-unsaturated/α-hetero) is 1. The molecule has 0 spiro atoms. The van der Waals surface area contributed by atoms with E-state index in [1.54, 1.807) is 6.92 Å². The lowest BCUT2D eigenvalue weighted by molar-refractivity contribution is -0.146. The summed E-state index contributed by atoms with van der Waals surface area (Å²) in [7, 11) is 1.27. The molecule has 0 aromatic rings. The third-order valence-electron chi connectivity index (χ3n) is 1.10. The molecule has 0 heterocycles. The van der Waals surface area contributed by atoms with E-state index in [1.165, 1.54) is 7.11 Å². The van der Waals surface area contributed by atoms with Gasteiger partial charge >= 0.3 is 5.97 Å². The first-order valence-corrected chi connectivity index (χ1v) is 3.37. The molecule has 4 heteroatoms. The Morgan fingerprint density at radius 3 is 2.36 bits per heavy atom. The fraction of sp³-hybridized carbons (Fsp3) is 0.714. The highest BCUT2D eigenvalue weighted by Crippen LogP contribution is 1.84. The van der Waals surface area contributed by atoms with E-state index in [1.807, 2.05) is 0 Å². The summed E-state index contributed by atoms with van der Waals surface area (Å²) in [6.45, 7) is 1.58. The molecule has 0 aromatic carbocycles. The number of carbonyl (C=O) groups excluding carboxylic acids is 2. The van der Waals surface area contributed by atoms with Crippen molar-refractivity contribution in [3.8, 4) is 0 Å². The number of ether oxygens (including phenoxy) is 2. The number of esters is 1. The molecule has 0 saturated heterocycles. The Kier molecular flexibility index (Phi) is 5.37. The molecule has 0 bridgehead atoms. The average Bonchev–Trinajstić information content (AvgIpc) is 2.04. The molecule has 0 radical (unpaired) electrons. The van der Waals surface area contributed by atoms with Crippen LogP contribution < -0.4 is 0 Å². The minimum Gasteiger partial charge on any atom is -0.467 e. The third-order valence-corrected chi connectivity index (χ3v) is 1.10. The zero-order valence-electron chi connectivity index (χ0n) is 6.75. The maximum absolute atomic E-state index is 10.6. The maximum atomic E-state index is 10.6. The van der Waals surface area contributed by atoms with E-state index in [-0.39, 0.29) is 19.0 Å². The second-order valence-corrected chi connectivity index (χ2v) is 1.96. The number of rotatable bonds is 5. The van der Waals surface area contributed by atoms with Crippen LogP contribution in [0.15, 0.2) is 0 Å². The summed E-state index contributed by atoms with van der Waals surface area (Å²) in [6.07, 6.45) is 0.432. The van der Waals surface area contributed by atoms with E-state index < -0.39 is 5.97 Å². The largest absolute Gasteiger partial charge is 0.467 e. The van der Waals surface area contributed by atoms with Crippen LogP contribution in [0.2, 0.25) is 0 Å². The van der Waals surface area contributed by atoms with Gasteiger partial charge in [-0.1, -0.05) is 6.92 Å². The fourth-order valence-electron chi connectivity index (χ4n) is 0.409. The number of hydrogen-bond acceptors (Lipinski definition) is 4. The summed E-state index contributed by atoms with van der Waals surface area (Å²) in [5.41, 5.74) is 0. The maximum Gasteiger partial charge on any atom is 0.331 e. The van der Waals surface area contributed by atoms with Gasteiger partial charge in [-0.2, -0.15) is 0 Å². The predicted octanol–water partition coefficient (Wildman–Crippen LogP) is 0.155. The Hall–Kier alpha value is -0.900. The van der Waals surface area contributed by atoms with Crippen molar-refractivity contribution in [1.82, 2.24) is 0 Å². The molecule has 4 nitrogen and oxygen atoms in total. The van der Waals surface area contributed by atoms with Crippen molar-refractivity contribution in [1.29, 1.82) is 0 Å². The van der Waals surface area contributed by atoms with Crippen molar-refractivity contribution in [2.45, 2.75) is 13.3 Å². The van der Waals surface area contributed by atoms with Gasteiger partial charge in [-0.3, -0.25) is 4.79 Å². The van der Waals surface area contributed by atoms with Gasteiger partial charge in [0.05, 0.1) is 7.11 Å². The monoisotopic (exact) mass is 160 g/mol. The Bertz CT molecular complexity index is 125. The lowest BCUT2D eigenvalue weighted by Crippen LogP contribution is -2.14. The number of hydrogen-bond donors (Lipinski definition) is 0. The van der Waals surface area contributed by atoms with Gasteiger partial charge in [0, 0.05) is 6.42 Å². The van der Waals surface area contributed by atoms with Crippen molar-refractivity contribution in [2.75, 3.05) is 20.3 Å². The van der Waals surface area contributed by atoms with Gasteiger partial charge in [-0.25, -0.2) is 4.79 Å². The molecule has 64 valence electrons. The number of ketones is 1. The highest BCUT2D eigenvalue weighted by molar-refractivity contribution is 5.79. The first-order valence-electron chi connectivity index (χ1n) is 3.37. The summed E-state index contributed by atoms with van der Waals surface area (Å²) < 4.78 is 9.01. The molecule has 0 atom stereocenters. The topological polar surface area (TPSA) is 52.6 Å². The molecule has 0 unspecified atom stereocenters. The van der Waals surface area contributed by atoms with Crippen LogP contribution in [0.25, 0.3) is 0 Å². The molecule has 0 aromatic heterocycles. The summed E-state index contributed by atoms with van der Waals surface area (Å²) >= 11 is 0. The van der Waals surface area contributed by atoms with E-state index in [4.69, 9.17) is 4.74 Å². The van der Waals surface area contributed by atoms with Crippen molar-refractivity contribution >= 4 is 11.8 Å². The minimum atomic E-state index is -0.464. The van der Waals surface area contributed by atoms with Gasteiger partial charge in [-0.05, 0) is 0 Å². The van der Waals surface area contributed by atoms with Crippen molar-refractivity contribution in [3.63, 3.8) is 0 Å². The van der Waals surface area contributed by atoms with Gasteiger partial charge in [-0.15, -0.1) is 0 Å². The summed E-state index contributed by atoms with van der Waals surface area (Å²) in [5, 5.41) is 0. The molecular weight excluding hydrogens is 148 g/mol. The van der Waals surface area contributed by atoms with Crippen molar-refractivity contribution < 1.29 is 19.1 Å². The Morgan fingerprint density at radius 2 is 1.91 bits per heavy atom. The van der Waals surface area contributed by atoms with Crippen LogP contribution in [0.5, 0.6) is 0 Å². The van der Waals surface area contributed by atoms with Crippen LogP contribution >= 0.6 is 0 Å². The summed E-state index contributed by atoms with van der Waals surface area (Å²) in [6, 6.07) is 0. The highest BCUT2D eigenvalue weighted by Gasteiger charge is 2.02. The smallest absolute Gasteiger partial charge is 0.331 e. The van der Waals surface area contributed by atoms with Gasteiger partial charge in [0.2, 0.25) is 0 Å². The van der Waals surface area contributed by atoms with Gasteiger partial charge < -0.3 is 9.47 Å². The Morgan fingerprint density at radius 1 is 1.27 bits per heavy atom. The lowest BCUT2D eigenvalue weighted by atomic mass is 10.3. The van der Waals surface area contributed by atoms with Gasteiger partial charge in [0.15, 0.2) is 5.78 Å². The van der Waals surface area contributed by atoms with E-state index >= 15 is 0 Å². The first kappa shape index (κ1) is 10.1. The quantitative estimate of drug-likeness (QED) is 0.537. The van der Waals surface area contributed by atoms with Crippen LogP contribution in [0.4, 0.5) is 0 Å². The van der Waals surface area contributed by atoms with Crippen molar-refractivity contribution in [2.24, 2.45) is 0 Å². The molecular formula is C7H12O4. The minimum absolute atomic E-state index is 0.00833. The third kappa shape index (κ3) is 5.54. The standard InChI is InChI=1S/C7H12O4/c1-3-6(8)4-11-5-7(9)10-2/h3-5H2,1-2H3. The second-order valence-electron chi connectivity index (χ2n) is 1.96. The summed E-state index contributed by atoms with van der Waals surface area (Å²) in [5.74, 6) is -0.484. The van der Waals surface area contributed by atoms with E-state index in [2.05, 4.69) is 4.74 Å². The van der Waals surface area contributed by atoms with Gasteiger partial charge in [0.25, 0.3) is 0 Å². The van der Waals surface area contributed by atoms with Crippen LogP contribution in [-0.2, 0) is 19.1 Å². The normalized spacial score (nSPS) is 9.27.